The monoisotopic (exact) mass is 322 g/mol. The molecule has 1 aliphatic heterocycles. The highest BCUT2D eigenvalue weighted by molar-refractivity contribution is 6.21. The second-order valence-electron chi connectivity index (χ2n) is 4.50. The molecule has 0 saturated carbocycles. The number of aliphatic hydroxyl groups is 1. The molecule has 2 atom stereocenters. The SMILES string of the molecule is COc1ccc(CN2NC(Cl)C=C(C(F)(F)F)C2O)cc1. The number of nitrogens with zero attached hydrogens (tertiary/aromatic N) is 1. The molecule has 0 aromatic heterocycles. The molecular weight excluding hydrogens is 309 g/mol. The third-order valence-corrected chi connectivity index (χ3v) is 3.25. The van der Waals surface area contributed by atoms with Crippen molar-refractivity contribution in [3.63, 3.8) is 0 Å². The molecule has 0 spiro atoms. The molecule has 2 unspecified atom stereocenters. The number of hydrazine groups is 1. The van der Waals surface area contributed by atoms with Crippen LogP contribution in [0.25, 0.3) is 0 Å². The standard InChI is InChI=1S/C13H14ClF3N2O2/c1-21-9-4-2-8(3-5-9)7-19-12(20)10(13(15,16)17)6-11(14)18-19/h2-6,11-12,18,20H,7H2,1H3. The number of halogens is 4. The van der Waals surface area contributed by atoms with Crippen molar-refractivity contribution in [1.82, 2.24) is 10.4 Å². The number of aliphatic hydroxyl groups excluding tert-OH is 1. The van der Waals surface area contributed by atoms with Gasteiger partial charge in [-0.05, 0) is 23.8 Å². The van der Waals surface area contributed by atoms with Crippen LogP contribution in [0, 0.1) is 0 Å². The van der Waals surface area contributed by atoms with Crippen molar-refractivity contribution in [2.75, 3.05) is 7.11 Å². The van der Waals surface area contributed by atoms with Crippen molar-refractivity contribution in [2.45, 2.75) is 24.4 Å². The molecule has 4 nitrogen and oxygen atoms in total. The normalized spacial score (nSPS) is 23.8. The van der Waals surface area contributed by atoms with Gasteiger partial charge in [0, 0.05) is 6.54 Å². The maximum atomic E-state index is 12.8. The zero-order valence-corrected chi connectivity index (χ0v) is 11.8. The number of hydrogen-bond donors (Lipinski definition) is 2. The smallest absolute Gasteiger partial charge is 0.416 e. The van der Waals surface area contributed by atoms with Crippen molar-refractivity contribution >= 4 is 11.6 Å². The maximum absolute atomic E-state index is 12.8. The van der Waals surface area contributed by atoms with E-state index in [1.54, 1.807) is 24.3 Å². The summed E-state index contributed by atoms with van der Waals surface area (Å²) in [4.78, 5) is 0. The molecule has 0 amide bonds. The van der Waals surface area contributed by atoms with Crippen LogP contribution in [0.15, 0.2) is 35.9 Å². The van der Waals surface area contributed by atoms with Crippen LogP contribution in [0.3, 0.4) is 0 Å². The molecule has 2 rings (SSSR count). The van der Waals surface area contributed by atoms with Crippen LogP contribution < -0.4 is 10.2 Å². The number of methoxy groups -OCH3 is 1. The van der Waals surface area contributed by atoms with E-state index < -0.39 is 23.5 Å². The van der Waals surface area contributed by atoms with Crippen molar-refractivity contribution < 1.29 is 23.0 Å². The van der Waals surface area contributed by atoms with Gasteiger partial charge in [0.15, 0.2) is 6.23 Å². The van der Waals surface area contributed by atoms with Crippen LogP contribution in [0.4, 0.5) is 13.2 Å². The first kappa shape index (κ1) is 16.1. The van der Waals surface area contributed by atoms with Gasteiger partial charge in [-0.25, -0.2) is 10.4 Å². The third-order valence-electron chi connectivity index (χ3n) is 3.03. The molecular formula is C13H14ClF3N2O2. The number of alkyl halides is 4. The molecule has 8 heteroatoms. The molecule has 116 valence electrons. The number of hydrogen-bond acceptors (Lipinski definition) is 4. The van der Waals surface area contributed by atoms with Crippen LogP contribution in [-0.2, 0) is 6.54 Å². The first-order valence-corrected chi connectivity index (χ1v) is 6.51. The summed E-state index contributed by atoms with van der Waals surface area (Å²) in [5.41, 5.74) is 1.18. The molecule has 0 radical (unpaired) electrons. The fourth-order valence-electron chi connectivity index (χ4n) is 1.98. The molecule has 0 saturated heterocycles. The van der Waals surface area contributed by atoms with E-state index in [0.717, 1.165) is 11.1 Å². The van der Waals surface area contributed by atoms with E-state index in [4.69, 9.17) is 16.3 Å². The van der Waals surface area contributed by atoms with Gasteiger partial charge in [0.05, 0.1) is 12.7 Å². The topological polar surface area (TPSA) is 44.7 Å². The molecule has 0 bridgehead atoms. The molecule has 1 aliphatic rings. The van der Waals surface area contributed by atoms with Crippen molar-refractivity contribution in [1.29, 1.82) is 0 Å². The minimum atomic E-state index is -4.63. The minimum absolute atomic E-state index is 0.0573. The summed E-state index contributed by atoms with van der Waals surface area (Å²) in [5.74, 6) is 0.636. The largest absolute Gasteiger partial charge is 0.497 e. The predicted molar refractivity (Wildman–Crippen MR) is 71.5 cm³/mol. The summed E-state index contributed by atoms with van der Waals surface area (Å²) in [5, 5.41) is 10.9. The molecule has 0 fully saturated rings. The molecule has 21 heavy (non-hydrogen) atoms. The van der Waals surface area contributed by atoms with E-state index in [-0.39, 0.29) is 6.54 Å². The van der Waals surface area contributed by atoms with Gasteiger partial charge in [0.25, 0.3) is 0 Å². The fourth-order valence-corrected chi connectivity index (χ4v) is 2.24. The van der Waals surface area contributed by atoms with Gasteiger partial charge in [-0.3, -0.25) is 0 Å². The molecule has 1 aromatic rings. The van der Waals surface area contributed by atoms with Crippen LogP contribution in [0.1, 0.15) is 5.56 Å². The summed E-state index contributed by atoms with van der Waals surface area (Å²) in [6.45, 7) is 0.0573. The summed E-state index contributed by atoms with van der Waals surface area (Å²) in [7, 11) is 1.52. The van der Waals surface area contributed by atoms with Crippen LogP contribution in [-0.4, -0.2) is 35.1 Å². The molecule has 1 aromatic carbocycles. The van der Waals surface area contributed by atoms with E-state index in [1.165, 1.54) is 7.11 Å². The summed E-state index contributed by atoms with van der Waals surface area (Å²) >= 11 is 5.73. The maximum Gasteiger partial charge on any atom is 0.416 e. The molecule has 0 aliphatic carbocycles. The Morgan fingerprint density at radius 1 is 1.33 bits per heavy atom. The van der Waals surface area contributed by atoms with E-state index in [9.17, 15) is 18.3 Å². The Morgan fingerprint density at radius 3 is 2.48 bits per heavy atom. The van der Waals surface area contributed by atoms with Gasteiger partial charge in [0.1, 0.15) is 11.3 Å². The lowest BCUT2D eigenvalue weighted by atomic mass is 10.1. The average molecular weight is 323 g/mol. The molecule has 2 N–H and O–H groups in total. The van der Waals surface area contributed by atoms with Gasteiger partial charge < -0.3 is 9.84 Å². The number of nitrogens with one attached hydrogen (secondary N) is 1. The Bertz CT molecular complexity index is 519. The third kappa shape index (κ3) is 3.88. The summed E-state index contributed by atoms with van der Waals surface area (Å²) in [6, 6.07) is 6.76. The lowest BCUT2D eigenvalue weighted by Crippen LogP contribution is -2.54. The summed E-state index contributed by atoms with van der Waals surface area (Å²) in [6.07, 6.45) is -5.69. The minimum Gasteiger partial charge on any atom is -0.497 e. The Hall–Kier alpha value is -1.28. The second-order valence-corrected chi connectivity index (χ2v) is 4.97. The van der Waals surface area contributed by atoms with E-state index in [0.29, 0.717) is 11.3 Å². The van der Waals surface area contributed by atoms with Crippen LogP contribution in [0.2, 0.25) is 0 Å². The first-order chi connectivity index (χ1) is 9.81. The number of rotatable bonds is 3. The van der Waals surface area contributed by atoms with E-state index in [2.05, 4.69) is 5.43 Å². The highest BCUT2D eigenvalue weighted by atomic mass is 35.5. The zero-order chi connectivity index (χ0) is 15.6. The van der Waals surface area contributed by atoms with Crippen LogP contribution in [0.5, 0.6) is 5.75 Å². The van der Waals surface area contributed by atoms with Crippen molar-refractivity contribution in [2.24, 2.45) is 0 Å². The van der Waals surface area contributed by atoms with Gasteiger partial charge >= 0.3 is 6.18 Å². The lowest BCUT2D eigenvalue weighted by molar-refractivity contribution is -0.134. The number of ether oxygens (including phenoxy) is 1. The average Bonchev–Trinajstić information content (AvgIpc) is 2.42. The zero-order valence-electron chi connectivity index (χ0n) is 11.1. The Morgan fingerprint density at radius 2 is 1.95 bits per heavy atom. The predicted octanol–water partition coefficient (Wildman–Crippen LogP) is 2.39. The summed E-state index contributed by atoms with van der Waals surface area (Å²) < 4.78 is 43.5. The Balaban J connectivity index is 2.14. The van der Waals surface area contributed by atoms with Gasteiger partial charge in [0.2, 0.25) is 0 Å². The van der Waals surface area contributed by atoms with Crippen molar-refractivity contribution in [3.8, 4) is 5.75 Å². The van der Waals surface area contributed by atoms with E-state index >= 15 is 0 Å². The Labute approximate surface area is 124 Å². The van der Waals surface area contributed by atoms with Crippen molar-refractivity contribution in [3.05, 3.63) is 41.5 Å². The lowest BCUT2D eigenvalue weighted by Gasteiger charge is -2.36. The van der Waals surface area contributed by atoms with Crippen LogP contribution >= 0.6 is 11.6 Å². The second kappa shape index (κ2) is 6.23. The van der Waals surface area contributed by atoms with Gasteiger partial charge in [-0.15, -0.1) is 0 Å². The fraction of sp³-hybridized carbons (Fsp3) is 0.385. The molecule has 1 heterocycles. The van der Waals surface area contributed by atoms with Gasteiger partial charge in [-0.1, -0.05) is 23.7 Å². The quantitative estimate of drug-likeness (QED) is 0.509. The Kier molecular flexibility index (Phi) is 4.77. The highest BCUT2D eigenvalue weighted by Gasteiger charge is 2.43. The first-order valence-electron chi connectivity index (χ1n) is 6.08. The van der Waals surface area contributed by atoms with Gasteiger partial charge in [-0.2, -0.15) is 13.2 Å². The van der Waals surface area contributed by atoms with E-state index in [1.807, 2.05) is 0 Å². The number of benzene rings is 1. The highest BCUT2D eigenvalue weighted by Crippen LogP contribution is 2.32.